The molecule has 3 N–H and O–H groups in total. The van der Waals surface area contributed by atoms with Gasteiger partial charge in [0.15, 0.2) is 0 Å². The number of methoxy groups -OCH3 is 2. The van der Waals surface area contributed by atoms with Crippen LogP contribution in [0.15, 0.2) is 12.1 Å². The van der Waals surface area contributed by atoms with Gasteiger partial charge in [-0.15, -0.1) is 5.10 Å². The molecule has 27 heavy (non-hydrogen) atoms. The van der Waals surface area contributed by atoms with E-state index in [-0.39, 0.29) is 18.3 Å². The first kappa shape index (κ1) is 18.7. The number of rotatable bonds is 5. The largest absolute Gasteiger partial charge is 0.495 e. The van der Waals surface area contributed by atoms with E-state index in [4.69, 9.17) is 26.8 Å². The van der Waals surface area contributed by atoms with Crippen LogP contribution >= 0.6 is 11.6 Å². The van der Waals surface area contributed by atoms with Crippen molar-refractivity contribution in [2.24, 2.45) is 0 Å². The average Bonchev–Trinajstić information content (AvgIpc) is 2.99. The summed E-state index contributed by atoms with van der Waals surface area (Å²) in [5.74, 6) is 1.17. The Morgan fingerprint density at radius 3 is 2.59 bits per heavy atom. The molecule has 0 aliphatic carbocycles. The summed E-state index contributed by atoms with van der Waals surface area (Å²) in [7, 11) is 3.00. The van der Waals surface area contributed by atoms with E-state index in [1.807, 2.05) is 13.8 Å². The standard InChI is InChI=1S/C17H19ClN6O3/c1-8-10(9(2)24-17(20-8)22-16(19)23-24)5-15(25)21-12-6-11(18)13(26-3)7-14(12)27-4/h6-7H,5H2,1-4H3,(H2,19,23)(H,21,25). The van der Waals surface area contributed by atoms with Gasteiger partial charge in [0.1, 0.15) is 11.5 Å². The number of fused-ring (bicyclic) bond motifs is 1. The van der Waals surface area contributed by atoms with E-state index < -0.39 is 0 Å². The lowest BCUT2D eigenvalue weighted by Crippen LogP contribution is -2.18. The van der Waals surface area contributed by atoms with E-state index in [1.54, 1.807) is 12.1 Å². The van der Waals surface area contributed by atoms with Crippen molar-refractivity contribution in [3.8, 4) is 11.5 Å². The SMILES string of the molecule is COc1cc(OC)c(NC(=O)Cc2c(C)nc3nc(N)nn3c2C)cc1Cl. The van der Waals surface area contributed by atoms with Crippen molar-refractivity contribution in [3.05, 3.63) is 34.1 Å². The number of halogens is 1. The lowest BCUT2D eigenvalue weighted by molar-refractivity contribution is -0.115. The topological polar surface area (TPSA) is 117 Å². The maximum atomic E-state index is 12.6. The van der Waals surface area contributed by atoms with Crippen LogP contribution in [0.5, 0.6) is 11.5 Å². The van der Waals surface area contributed by atoms with E-state index in [2.05, 4.69) is 20.4 Å². The second-order valence-corrected chi connectivity index (χ2v) is 6.26. The van der Waals surface area contributed by atoms with E-state index in [0.29, 0.717) is 33.7 Å². The van der Waals surface area contributed by atoms with Gasteiger partial charge in [0, 0.05) is 23.0 Å². The first-order chi connectivity index (χ1) is 12.8. The number of nitrogens with two attached hydrogens (primary N) is 1. The molecule has 0 atom stereocenters. The van der Waals surface area contributed by atoms with Crippen molar-refractivity contribution in [1.29, 1.82) is 0 Å². The molecule has 0 saturated heterocycles. The second kappa shape index (κ2) is 7.28. The van der Waals surface area contributed by atoms with Crippen LogP contribution in [0.3, 0.4) is 0 Å². The first-order valence-electron chi connectivity index (χ1n) is 8.03. The molecule has 0 aliphatic heterocycles. The van der Waals surface area contributed by atoms with Crippen LogP contribution in [0.4, 0.5) is 11.6 Å². The van der Waals surface area contributed by atoms with Crippen molar-refractivity contribution in [3.63, 3.8) is 0 Å². The zero-order valence-electron chi connectivity index (χ0n) is 15.3. The third-order valence-electron chi connectivity index (χ3n) is 4.15. The van der Waals surface area contributed by atoms with Gasteiger partial charge >= 0.3 is 0 Å². The molecule has 1 amide bonds. The van der Waals surface area contributed by atoms with Crippen molar-refractivity contribution in [2.45, 2.75) is 20.3 Å². The summed E-state index contributed by atoms with van der Waals surface area (Å²) in [6, 6.07) is 3.19. The number of aromatic nitrogens is 4. The number of carbonyl (C=O) groups is 1. The minimum absolute atomic E-state index is 0.0905. The summed E-state index contributed by atoms with van der Waals surface area (Å²) >= 11 is 6.15. The van der Waals surface area contributed by atoms with Gasteiger partial charge in [-0.3, -0.25) is 4.79 Å². The van der Waals surface area contributed by atoms with Gasteiger partial charge in [-0.2, -0.15) is 9.50 Å². The van der Waals surface area contributed by atoms with E-state index in [9.17, 15) is 4.79 Å². The monoisotopic (exact) mass is 390 g/mol. The molecule has 2 aromatic heterocycles. The Hall–Kier alpha value is -3.07. The number of anilines is 2. The Morgan fingerprint density at radius 2 is 1.93 bits per heavy atom. The van der Waals surface area contributed by atoms with Gasteiger partial charge in [-0.25, -0.2) is 4.98 Å². The van der Waals surface area contributed by atoms with Gasteiger partial charge in [0.25, 0.3) is 5.78 Å². The highest BCUT2D eigenvalue weighted by Gasteiger charge is 2.17. The Labute approximate surface area is 160 Å². The van der Waals surface area contributed by atoms with Crippen molar-refractivity contribution < 1.29 is 14.3 Å². The zero-order valence-corrected chi connectivity index (χ0v) is 16.1. The molecular formula is C17H19ClN6O3. The van der Waals surface area contributed by atoms with Gasteiger partial charge in [0.2, 0.25) is 11.9 Å². The number of hydrogen-bond acceptors (Lipinski definition) is 7. The molecule has 0 bridgehead atoms. The van der Waals surface area contributed by atoms with Crippen LogP contribution in [0.2, 0.25) is 5.02 Å². The summed E-state index contributed by atoms with van der Waals surface area (Å²) in [6.07, 6.45) is 0.0905. The summed E-state index contributed by atoms with van der Waals surface area (Å²) < 4.78 is 12.0. The number of aryl methyl sites for hydroxylation is 2. The van der Waals surface area contributed by atoms with Crippen molar-refractivity contribution >= 4 is 34.9 Å². The maximum Gasteiger partial charge on any atom is 0.254 e. The number of nitrogens with one attached hydrogen (secondary N) is 1. The molecule has 0 fully saturated rings. The van der Waals surface area contributed by atoms with Crippen LogP contribution in [-0.4, -0.2) is 39.7 Å². The summed E-state index contributed by atoms with van der Waals surface area (Å²) in [6.45, 7) is 3.65. The van der Waals surface area contributed by atoms with Crippen LogP contribution in [0.1, 0.15) is 17.0 Å². The van der Waals surface area contributed by atoms with E-state index >= 15 is 0 Å². The fourth-order valence-electron chi connectivity index (χ4n) is 2.79. The van der Waals surface area contributed by atoms with Crippen LogP contribution in [0.25, 0.3) is 5.78 Å². The van der Waals surface area contributed by atoms with Crippen LogP contribution in [-0.2, 0) is 11.2 Å². The number of benzene rings is 1. The minimum atomic E-state index is -0.255. The molecule has 3 rings (SSSR count). The van der Waals surface area contributed by atoms with E-state index in [1.165, 1.54) is 18.7 Å². The van der Waals surface area contributed by atoms with Gasteiger partial charge in [-0.05, 0) is 19.9 Å². The summed E-state index contributed by atoms with van der Waals surface area (Å²) in [5.41, 5.74) is 8.25. The Bertz CT molecular complexity index is 1030. The molecule has 0 spiro atoms. The van der Waals surface area contributed by atoms with Gasteiger partial charge in [-0.1, -0.05) is 11.6 Å². The van der Waals surface area contributed by atoms with E-state index in [0.717, 1.165) is 11.3 Å². The molecule has 0 radical (unpaired) electrons. The maximum absolute atomic E-state index is 12.6. The van der Waals surface area contributed by atoms with Crippen LogP contribution in [0, 0.1) is 13.8 Å². The third-order valence-corrected chi connectivity index (χ3v) is 4.45. The number of hydrogen-bond donors (Lipinski definition) is 2. The molecular weight excluding hydrogens is 372 g/mol. The van der Waals surface area contributed by atoms with Crippen LogP contribution < -0.4 is 20.5 Å². The molecule has 2 heterocycles. The Balaban J connectivity index is 1.89. The minimum Gasteiger partial charge on any atom is -0.495 e. The number of nitrogen functional groups attached to an aromatic ring is 1. The molecule has 0 aliphatic rings. The van der Waals surface area contributed by atoms with Gasteiger partial charge < -0.3 is 20.5 Å². The quantitative estimate of drug-likeness (QED) is 0.685. The van der Waals surface area contributed by atoms with Crippen molar-refractivity contribution in [1.82, 2.24) is 19.6 Å². The molecule has 1 aromatic carbocycles. The fourth-order valence-corrected chi connectivity index (χ4v) is 3.03. The number of amides is 1. The lowest BCUT2D eigenvalue weighted by atomic mass is 10.1. The highest BCUT2D eigenvalue weighted by molar-refractivity contribution is 6.32. The fraction of sp³-hybridized carbons (Fsp3) is 0.294. The summed E-state index contributed by atoms with van der Waals surface area (Å²) in [4.78, 5) is 21.0. The smallest absolute Gasteiger partial charge is 0.254 e. The van der Waals surface area contributed by atoms with Gasteiger partial charge in [0.05, 0.1) is 31.4 Å². The lowest BCUT2D eigenvalue weighted by Gasteiger charge is -2.14. The second-order valence-electron chi connectivity index (χ2n) is 5.85. The Morgan fingerprint density at radius 1 is 1.22 bits per heavy atom. The molecule has 142 valence electrons. The first-order valence-corrected chi connectivity index (χ1v) is 8.41. The number of ether oxygens (including phenoxy) is 2. The normalized spacial score (nSPS) is 10.9. The molecule has 10 heteroatoms. The number of carbonyl (C=O) groups excluding carboxylic acids is 1. The number of nitrogens with zero attached hydrogens (tertiary/aromatic N) is 4. The summed E-state index contributed by atoms with van der Waals surface area (Å²) in [5, 5.41) is 7.27. The highest BCUT2D eigenvalue weighted by atomic mass is 35.5. The molecule has 0 saturated carbocycles. The predicted octanol–water partition coefficient (Wildman–Crippen LogP) is 2.18. The van der Waals surface area contributed by atoms with Crippen molar-refractivity contribution in [2.75, 3.05) is 25.3 Å². The Kier molecular flexibility index (Phi) is 5.04. The third kappa shape index (κ3) is 3.59. The zero-order chi connectivity index (χ0) is 19.7. The predicted molar refractivity (Wildman–Crippen MR) is 102 cm³/mol. The molecule has 9 nitrogen and oxygen atoms in total. The molecule has 3 aromatic rings. The highest BCUT2D eigenvalue weighted by Crippen LogP contribution is 2.36. The molecule has 0 unspecified atom stereocenters. The average molecular weight is 391 g/mol.